The van der Waals surface area contributed by atoms with E-state index in [0.29, 0.717) is 11.7 Å². The smallest absolute Gasteiger partial charge is 0.358 e. The third-order valence-electron chi connectivity index (χ3n) is 2.75. The predicted molar refractivity (Wildman–Crippen MR) is 87.5 cm³/mol. The van der Waals surface area contributed by atoms with Crippen LogP contribution in [0.4, 0.5) is 5.13 Å². The zero-order chi connectivity index (χ0) is 16.8. The monoisotopic (exact) mass is 353 g/mol. The van der Waals surface area contributed by atoms with Crippen LogP contribution in [-0.4, -0.2) is 41.3 Å². The Labute approximate surface area is 140 Å². The molecule has 0 saturated carbocycles. The molecule has 2 rings (SSSR count). The first-order chi connectivity index (χ1) is 11.0. The molecule has 0 fully saturated rings. The molecule has 2 amide bonds. The van der Waals surface area contributed by atoms with E-state index < -0.39 is 5.97 Å². The molecule has 0 atom stereocenters. The molecule has 0 spiro atoms. The summed E-state index contributed by atoms with van der Waals surface area (Å²) in [7, 11) is 1.64. The largest absolute Gasteiger partial charge is 0.451 e. The van der Waals surface area contributed by atoms with E-state index in [1.54, 1.807) is 18.4 Å². The van der Waals surface area contributed by atoms with Crippen LogP contribution < -0.4 is 5.32 Å². The summed E-state index contributed by atoms with van der Waals surface area (Å²) in [5.74, 6) is -1.28. The molecule has 1 N–H and O–H groups in total. The highest BCUT2D eigenvalue weighted by Gasteiger charge is 2.16. The summed E-state index contributed by atoms with van der Waals surface area (Å²) in [5, 5.41) is 8.14. The van der Waals surface area contributed by atoms with Gasteiger partial charge in [-0.1, -0.05) is 0 Å². The average molecular weight is 353 g/mol. The fraction of sp³-hybridized carbons (Fsp3) is 0.286. The highest BCUT2D eigenvalue weighted by Crippen LogP contribution is 2.16. The SMILES string of the molecule is CC(=O)Nc1nc(C(=O)OCC(=O)N(C)Cc2ccsc2)cs1. The van der Waals surface area contributed by atoms with Gasteiger partial charge in [0.15, 0.2) is 17.4 Å². The van der Waals surface area contributed by atoms with Crippen molar-refractivity contribution >= 4 is 45.6 Å². The van der Waals surface area contributed by atoms with Gasteiger partial charge in [0.1, 0.15) is 0 Å². The minimum atomic E-state index is -0.699. The van der Waals surface area contributed by atoms with Gasteiger partial charge in [-0.25, -0.2) is 9.78 Å². The molecule has 0 saturated heterocycles. The number of aromatic nitrogens is 1. The van der Waals surface area contributed by atoms with Crippen LogP contribution in [0.2, 0.25) is 0 Å². The van der Waals surface area contributed by atoms with Crippen molar-refractivity contribution in [3.8, 4) is 0 Å². The van der Waals surface area contributed by atoms with Gasteiger partial charge in [-0.3, -0.25) is 9.59 Å². The van der Waals surface area contributed by atoms with Crippen molar-refractivity contribution in [2.45, 2.75) is 13.5 Å². The highest BCUT2D eigenvalue weighted by atomic mass is 32.1. The van der Waals surface area contributed by atoms with Crippen LogP contribution in [0.3, 0.4) is 0 Å². The van der Waals surface area contributed by atoms with E-state index in [9.17, 15) is 14.4 Å². The number of hydrogen-bond donors (Lipinski definition) is 1. The molecule has 2 heterocycles. The number of rotatable bonds is 6. The second kappa shape index (κ2) is 7.84. The Bertz CT molecular complexity index is 697. The molecule has 0 aliphatic rings. The van der Waals surface area contributed by atoms with Crippen LogP contribution in [0, 0.1) is 0 Å². The number of thiophene rings is 1. The number of hydrogen-bond acceptors (Lipinski definition) is 7. The van der Waals surface area contributed by atoms with Gasteiger partial charge in [0.2, 0.25) is 5.91 Å². The van der Waals surface area contributed by atoms with Crippen LogP contribution in [-0.2, 0) is 20.9 Å². The van der Waals surface area contributed by atoms with Gasteiger partial charge in [-0.15, -0.1) is 11.3 Å². The molecule has 0 bridgehead atoms. The van der Waals surface area contributed by atoms with Gasteiger partial charge >= 0.3 is 5.97 Å². The lowest BCUT2D eigenvalue weighted by Gasteiger charge is -2.16. The van der Waals surface area contributed by atoms with Gasteiger partial charge in [0, 0.05) is 25.9 Å². The summed E-state index contributed by atoms with van der Waals surface area (Å²) in [6.07, 6.45) is 0. The number of amides is 2. The lowest BCUT2D eigenvalue weighted by Crippen LogP contribution is -2.30. The summed E-state index contributed by atoms with van der Waals surface area (Å²) < 4.78 is 4.95. The van der Waals surface area contributed by atoms with Gasteiger partial charge in [-0.2, -0.15) is 11.3 Å². The number of nitrogens with zero attached hydrogens (tertiary/aromatic N) is 2. The van der Waals surface area contributed by atoms with Gasteiger partial charge in [0.25, 0.3) is 5.91 Å². The minimum absolute atomic E-state index is 0.0621. The molecule has 7 nitrogen and oxygen atoms in total. The average Bonchev–Trinajstić information content (AvgIpc) is 3.15. The maximum atomic E-state index is 11.9. The summed E-state index contributed by atoms with van der Waals surface area (Å²) in [6.45, 7) is 1.46. The molecule has 9 heteroatoms. The van der Waals surface area contributed by atoms with E-state index in [1.165, 1.54) is 17.2 Å². The molecule has 23 heavy (non-hydrogen) atoms. The number of carbonyl (C=O) groups excluding carboxylic acids is 3. The van der Waals surface area contributed by atoms with E-state index >= 15 is 0 Å². The van der Waals surface area contributed by atoms with Crippen LogP contribution >= 0.6 is 22.7 Å². The predicted octanol–water partition coefficient (Wildman–Crippen LogP) is 1.98. The number of likely N-dealkylation sites (N-methyl/N-ethyl adjacent to an activating group) is 1. The first kappa shape index (κ1) is 17.1. The number of esters is 1. The van der Waals surface area contributed by atoms with Crippen LogP contribution in [0.1, 0.15) is 23.0 Å². The molecule has 2 aromatic rings. The third kappa shape index (κ3) is 5.15. The normalized spacial score (nSPS) is 10.2. The van der Waals surface area contributed by atoms with Gasteiger partial charge in [-0.05, 0) is 22.4 Å². The lowest BCUT2D eigenvalue weighted by molar-refractivity contribution is -0.133. The van der Waals surface area contributed by atoms with Crippen LogP contribution in [0.25, 0.3) is 0 Å². The Balaban J connectivity index is 1.82. The third-order valence-corrected chi connectivity index (χ3v) is 4.24. The van der Waals surface area contributed by atoms with Gasteiger partial charge in [0.05, 0.1) is 0 Å². The van der Waals surface area contributed by atoms with E-state index in [1.807, 2.05) is 16.8 Å². The zero-order valence-electron chi connectivity index (χ0n) is 12.6. The quantitative estimate of drug-likeness (QED) is 0.802. The molecule has 122 valence electrons. The van der Waals surface area contributed by atoms with Crippen molar-refractivity contribution in [3.05, 3.63) is 33.5 Å². The first-order valence-corrected chi connectivity index (χ1v) is 8.43. The summed E-state index contributed by atoms with van der Waals surface area (Å²) >= 11 is 2.67. The Morgan fingerprint density at radius 1 is 1.35 bits per heavy atom. The van der Waals surface area contributed by atoms with Crippen molar-refractivity contribution in [1.82, 2.24) is 9.88 Å². The highest BCUT2D eigenvalue weighted by molar-refractivity contribution is 7.14. The number of ether oxygens (including phenoxy) is 1. The fourth-order valence-corrected chi connectivity index (χ4v) is 3.02. The van der Waals surface area contributed by atoms with E-state index in [4.69, 9.17) is 4.74 Å². The van der Waals surface area contributed by atoms with Crippen LogP contribution in [0.15, 0.2) is 22.2 Å². The summed E-state index contributed by atoms with van der Waals surface area (Å²) in [5.41, 5.74) is 1.09. The van der Waals surface area contributed by atoms with Crippen molar-refractivity contribution in [3.63, 3.8) is 0 Å². The molecule has 0 aliphatic heterocycles. The Kier molecular flexibility index (Phi) is 5.83. The lowest BCUT2D eigenvalue weighted by atomic mass is 10.3. The molecule has 0 unspecified atom stereocenters. The number of carbonyl (C=O) groups is 3. The van der Waals surface area contributed by atoms with Crippen molar-refractivity contribution in [2.75, 3.05) is 19.0 Å². The number of thiazole rings is 1. The van der Waals surface area contributed by atoms with Gasteiger partial charge < -0.3 is 15.0 Å². The van der Waals surface area contributed by atoms with E-state index in [-0.39, 0.29) is 24.1 Å². The van der Waals surface area contributed by atoms with E-state index in [2.05, 4.69) is 10.3 Å². The molecular weight excluding hydrogens is 338 g/mol. The molecule has 0 aromatic carbocycles. The first-order valence-electron chi connectivity index (χ1n) is 6.61. The Morgan fingerprint density at radius 2 is 2.13 bits per heavy atom. The van der Waals surface area contributed by atoms with Crippen LogP contribution in [0.5, 0.6) is 0 Å². The molecular formula is C14H15N3O4S2. The minimum Gasteiger partial charge on any atom is -0.451 e. The Morgan fingerprint density at radius 3 is 2.78 bits per heavy atom. The van der Waals surface area contributed by atoms with E-state index in [0.717, 1.165) is 16.9 Å². The van der Waals surface area contributed by atoms with Crippen molar-refractivity contribution in [2.24, 2.45) is 0 Å². The molecule has 0 radical (unpaired) electrons. The second-order valence-electron chi connectivity index (χ2n) is 4.68. The summed E-state index contributed by atoms with van der Waals surface area (Å²) in [4.78, 5) is 40.1. The second-order valence-corrected chi connectivity index (χ2v) is 6.31. The molecule has 0 aliphatic carbocycles. The standard InChI is InChI=1S/C14H15N3O4S2/c1-9(18)15-14-16-11(8-23-14)13(20)21-6-12(19)17(2)5-10-3-4-22-7-10/h3-4,7-8H,5-6H2,1-2H3,(H,15,16,18). The Hall–Kier alpha value is -2.26. The summed E-state index contributed by atoms with van der Waals surface area (Å²) in [6, 6.07) is 1.93. The number of anilines is 1. The topological polar surface area (TPSA) is 88.6 Å². The number of nitrogens with one attached hydrogen (secondary N) is 1. The maximum Gasteiger partial charge on any atom is 0.358 e. The zero-order valence-corrected chi connectivity index (χ0v) is 14.2. The van der Waals surface area contributed by atoms with Crippen molar-refractivity contribution < 1.29 is 19.1 Å². The fourth-order valence-electron chi connectivity index (χ4n) is 1.63. The maximum absolute atomic E-state index is 11.9. The van der Waals surface area contributed by atoms with Crippen molar-refractivity contribution in [1.29, 1.82) is 0 Å². The molecule has 2 aromatic heterocycles.